The minimum Gasteiger partial charge on any atom is -0.493 e. The van der Waals surface area contributed by atoms with E-state index in [1.807, 2.05) is 6.07 Å². The molecule has 0 saturated heterocycles. The summed E-state index contributed by atoms with van der Waals surface area (Å²) in [5.41, 5.74) is 8.25. The summed E-state index contributed by atoms with van der Waals surface area (Å²) in [5.74, 6) is 1.55. The topological polar surface area (TPSA) is 23.4 Å². The lowest BCUT2D eigenvalue weighted by Gasteiger charge is -2.28. The van der Waals surface area contributed by atoms with Gasteiger partial charge in [0.2, 0.25) is 0 Å². The van der Waals surface area contributed by atoms with Crippen LogP contribution in [0.25, 0.3) is 38.6 Å². The molecular formula is C34H37NO2. The minimum absolute atomic E-state index is 0.0108. The van der Waals surface area contributed by atoms with Crippen LogP contribution in [-0.4, -0.2) is 18.8 Å². The van der Waals surface area contributed by atoms with Crippen LogP contribution in [0, 0.1) is 0 Å². The molecule has 37 heavy (non-hydrogen) atoms. The first-order valence-corrected chi connectivity index (χ1v) is 13.0. The van der Waals surface area contributed by atoms with Gasteiger partial charge in [0.25, 0.3) is 0 Å². The van der Waals surface area contributed by atoms with Gasteiger partial charge in [-0.2, -0.15) is 0 Å². The zero-order valence-electron chi connectivity index (χ0n) is 23.3. The summed E-state index contributed by atoms with van der Waals surface area (Å²) in [7, 11) is 3.43. The third kappa shape index (κ3) is 4.07. The molecule has 5 rings (SSSR count). The molecule has 190 valence electrons. The highest BCUT2D eigenvalue weighted by Crippen LogP contribution is 2.48. The van der Waals surface area contributed by atoms with E-state index < -0.39 is 0 Å². The monoisotopic (exact) mass is 491 g/mol. The number of nitrogens with zero attached hydrogens (tertiary/aromatic N) is 1. The highest BCUT2D eigenvalue weighted by Gasteiger charge is 2.29. The van der Waals surface area contributed by atoms with Crippen molar-refractivity contribution in [2.45, 2.75) is 52.4 Å². The number of methoxy groups -OCH3 is 2. The number of benzene rings is 4. The van der Waals surface area contributed by atoms with E-state index in [1.165, 1.54) is 38.6 Å². The third-order valence-electron chi connectivity index (χ3n) is 7.23. The lowest BCUT2D eigenvalue weighted by atomic mass is 9.80. The van der Waals surface area contributed by atoms with E-state index in [0.717, 1.165) is 22.6 Å². The number of ether oxygens (including phenoxy) is 2. The fourth-order valence-corrected chi connectivity index (χ4v) is 5.68. The fourth-order valence-electron chi connectivity index (χ4n) is 5.68. The van der Waals surface area contributed by atoms with Crippen molar-refractivity contribution in [2.24, 2.45) is 0 Å². The van der Waals surface area contributed by atoms with E-state index in [0.29, 0.717) is 0 Å². The van der Waals surface area contributed by atoms with Crippen molar-refractivity contribution in [3.05, 3.63) is 90.0 Å². The third-order valence-corrected chi connectivity index (χ3v) is 7.23. The highest BCUT2D eigenvalue weighted by atomic mass is 16.5. The summed E-state index contributed by atoms with van der Waals surface area (Å²) < 4.78 is 14.2. The second kappa shape index (κ2) is 8.99. The van der Waals surface area contributed by atoms with Crippen molar-refractivity contribution >= 4 is 21.8 Å². The molecule has 0 atom stereocenters. The predicted octanol–water partition coefficient (Wildman–Crippen LogP) is 9.06. The minimum atomic E-state index is -0.169. The zero-order chi connectivity index (χ0) is 26.5. The zero-order valence-corrected chi connectivity index (χ0v) is 23.3. The number of rotatable bonds is 4. The number of hydrogen-bond donors (Lipinski definition) is 0. The van der Waals surface area contributed by atoms with Crippen LogP contribution < -0.4 is 9.47 Å². The van der Waals surface area contributed by atoms with Crippen molar-refractivity contribution in [1.29, 1.82) is 0 Å². The molecule has 1 heterocycles. The molecule has 0 saturated carbocycles. The fraction of sp³-hybridized carbons (Fsp3) is 0.294. The van der Waals surface area contributed by atoms with Gasteiger partial charge in [0, 0.05) is 27.6 Å². The molecule has 0 unspecified atom stereocenters. The molecule has 0 aliphatic heterocycles. The Balaban J connectivity index is 1.99. The Morgan fingerprint density at radius 2 is 1.27 bits per heavy atom. The van der Waals surface area contributed by atoms with Gasteiger partial charge < -0.3 is 14.0 Å². The molecule has 4 aromatic carbocycles. The first-order valence-electron chi connectivity index (χ1n) is 13.0. The largest absolute Gasteiger partial charge is 0.493 e. The van der Waals surface area contributed by atoms with Gasteiger partial charge in [-0.3, -0.25) is 0 Å². The predicted molar refractivity (Wildman–Crippen MR) is 157 cm³/mol. The van der Waals surface area contributed by atoms with Crippen LogP contribution in [0.5, 0.6) is 11.5 Å². The second-order valence-electron chi connectivity index (χ2n) is 11.8. The molecule has 0 fully saturated rings. The smallest absolute Gasteiger partial charge is 0.165 e. The Morgan fingerprint density at radius 3 is 1.95 bits per heavy atom. The summed E-state index contributed by atoms with van der Waals surface area (Å²) in [6, 6.07) is 28.4. The number of fused-ring (bicyclic) bond motifs is 3. The molecule has 0 amide bonds. The Labute approximate surface area is 220 Å². The van der Waals surface area contributed by atoms with E-state index >= 15 is 0 Å². The molecule has 0 N–H and O–H groups in total. The number of aromatic nitrogens is 1. The second-order valence-corrected chi connectivity index (χ2v) is 11.8. The quantitative estimate of drug-likeness (QED) is 0.250. The van der Waals surface area contributed by atoms with Gasteiger partial charge in [0.1, 0.15) is 0 Å². The molecule has 0 aliphatic carbocycles. The van der Waals surface area contributed by atoms with E-state index in [9.17, 15) is 0 Å². The van der Waals surface area contributed by atoms with Crippen LogP contribution in [0.4, 0.5) is 0 Å². The first-order chi connectivity index (χ1) is 17.6. The standard InChI is InChI=1S/C34H37NO2/c1-33(2,3)26-17-10-12-19-28(26)35-27-18-11-9-14-22(27)24-15-13-16-25(31(24)35)23-20-21-29(36-7)32(37-8)30(23)34(4,5)6/h9-21H,1-8H3. The van der Waals surface area contributed by atoms with Gasteiger partial charge in [0.15, 0.2) is 11.5 Å². The van der Waals surface area contributed by atoms with Gasteiger partial charge in [-0.15, -0.1) is 0 Å². The van der Waals surface area contributed by atoms with Crippen LogP contribution in [0.2, 0.25) is 0 Å². The SMILES string of the molecule is COc1ccc(-c2cccc3c4ccccc4n(-c4ccccc4C(C)(C)C)c23)c(C(C)(C)C)c1OC. The maximum absolute atomic E-state index is 5.97. The van der Waals surface area contributed by atoms with Gasteiger partial charge in [-0.05, 0) is 40.2 Å². The summed E-state index contributed by atoms with van der Waals surface area (Å²) >= 11 is 0. The van der Waals surface area contributed by atoms with Crippen LogP contribution in [0.15, 0.2) is 78.9 Å². The van der Waals surface area contributed by atoms with Crippen LogP contribution in [-0.2, 0) is 10.8 Å². The van der Waals surface area contributed by atoms with Crippen molar-refractivity contribution in [1.82, 2.24) is 4.57 Å². The molecule has 0 bridgehead atoms. The molecule has 3 heteroatoms. The van der Waals surface area contributed by atoms with Gasteiger partial charge >= 0.3 is 0 Å². The molecule has 0 spiro atoms. The maximum atomic E-state index is 5.97. The average molecular weight is 492 g/mol. The van der Waals surface area contributed by atoms with E-state index in [1.54, 1.807) is 14.2 Å². The molecular weight excluding hydrogens is 454 g/mol. The van der Waals surface area contributed by atoms with Crippen molar-refractivity contribution in [3.8, 4) is 28.3 Å². The molecule has 5 aromatic rings. The van der Waals surface area contributed by atoms with Gasteiger partial charge in [0.05, 0.1) is 25.3 Å². The Kier molecular flexibility index (Phi) is 6.06. The Bertz CT molecular complexity index is 1610. The molecule has 3 nitrogen and oxygen atoms in total. The average Bonchev–Trinajstić information content (AvgIpc) is 3.21. The van der Waals surface area contributed by atoms with Crippen molar-refractivity contribution in [3.63, 3.8) is 0 Å². The van der Waals surface area contributed by atoms with Crippen molar-refractivity contribution in [2.75, 3.05) is 14.2 Å². The summed E-state index contributed by atoms with van der Waals surface area (Å²) in [6.07, 6.45) is 0. The normalized spacial score (nSPS) is 12.3. The number of hydrogen-bond acceptors (Lipinski definition) is 2. The summed E-state index contributed by atoms with van der Waals surface area (Å²) in [4.78, 5) is 0. The molecule has 0 radical (unpaired) electrons. The van der Waals surface area contributed by atoms with Crippen molar-refractivity contribution < 1.29 is 9.47 Å². The van der Waals surface area contributed by atoms with Crippen LogP contribution in [0.3, 0.4) is 0 Å². The van der Waals surface area contributed by atoms with Crippen LogP contribution in [0.1, 0.15) is 52.7 Å². The van der Waals surface area contributed by atoms with E-state index in [4.69, 9.17) is 9.47 Å². The summed E-state index contributed by atoms with van der Waals surface area (Å²) in [6.45, 7) is 13.6. The maximum Gasteiger partial charge on any atom is 0.165 e. The van der Waals surface area contributed by atoms with E-state index in [-0.39, 0.29) is 10.8 Å². The van der Waals surface area contributed by atoms with E-state index in [2.05, 4.69) is 119 Å². The van der Waals surface area contributed by atoms with Gasteiger partial charge in [-0.1, -0.05) is 102 Å². The number of para-hydroxylation sites is 3. The Hall–Kier alpha value is -3.72. The first kappa shape index (κ1) is 25.0. The summed E-state index contributed by atoms with van der Waals surface area (Å²) in [5, 5.41) is 2.49. The lowest BCUT2D eigenvalue weighted by molar-refractivity contribution is 0.345. The molecule has 0 aliphatic rings. The Morgan fingerprint density at radius 1 is 0.595 bits per heavy atom. The lowest BCUT2D eigenvalue weighted by Crippen LogP contribution is -2.16. The highest BCUT2D eigenvalue weighted by molar-refractivity contribution is 6.14. The van der Waals surface area contributed by atoms with Crippen LogP contribution >= 0.6 is 0 Å². The molecule has 1 aromatic heterocycles. The van der Waals surface area contributed by atoms with Gasteiger partial charge in [-0.25, -0.2) is 0 Å².